The Bertz CT molecular complexity index is 4900. The van der Waals surface area contributed by atoms with Crippen molar-refractivity contribution in [3.63, 3.8) is 0 Å². The van der Waals surface area contributed by atoms with Crippen molar-refractivity contribution in [2.75, 3.05) is 36.0 Å². The molecule has 14 aromatic rings. The Morgan fingerprint density at radius 3 is 1.51 bits per heavy atom. The van der Waals surface area contributed by atoms with E-state index in [4.69, 9.17) is 25.2 Å². The fourth-order valence-electron chi connectivity index (χ4n) is 12.2. The molecule has 2 aliphatic heterocycles. The fourth-order valence-corrected chi connectivity index (χ4v) is 15.5. The minimum atomic E-state index is -2.86. The molecule has 454 valence electrons. The van der Waals surface area contributed by atoms with Gasteiger partial charge in [-0.2, -0.15) is 0 Å². The Hall–Kier alpha value is -9.50. The topological polar surface area (TPSA) is 159 Å². The number of nitrogens with zero attached hydrogens (tertiary/aromatic N) is 7. The molecule has 0 N–H and O–H groups in total. The molecule has 14 nitrogen and oxygen atoms in total. The molecule has 0 radical (unpaired) electrons. The van der Waals surface area contributed by atoms with E-state index in [1.54, 1.807) is 29.9 Å². The van der Waals surface area contributed by atoms with Gasteiger partial charge in [0, 0.05) is 94.7 Å². The Labute approximate surface area is 539 Å². The van der Waals surface area contributed by atoms with Gasteiger partial charge in [0.2, 0.25) is 0 Å². The summed E-state index contributed by atoms with van der Waals surface area (Å²) in [7, 11) is 0. The van der Waals surface area contributed by atoms with Gasteiger partial charge in [-0.05, 0) is 134 Å². The minimum absolute atomic E-state index is 0. The van der Waals surface area contributed by atoms with Crippen molar-refractivity contribution in [1.82, 2.24) is 24.9 Å². The molecule has 0 fully saturated rings. The van der Waals surface area contributed by atoms with Gasteiger partial charge in [0.05, 0.1) is 31.6 Å². The second-order valence-corrected chi connectivity index (χ2v) is 27.1. The first-order chi connectivity index (χ1) is 43.8. The summed E-state index contributed by atoms with van der Waals surface area (Å²) in [6, 6.07) is 57.2. The standard InChI is InChI=1S/C26H26N2O2S.C20H18N2O2S.3C9H7NO.CH4.Al/c1-25(2)9-11-28-12-10-26(3,4)20-21(28)17(25)14-15-13-16(24(29)30-22(15)20)23-27-18-7-5-6-8-19(18)31-23;1-3-22(4-2)14-10-9-13-11-15(20(23)24-17(13)12-14)19-21-16-7-5-6-8-18(16)25-19;3*11-8-5-1-3-7-4-2-6-10-9(7)8;;/h5-8,13-14H,9-12H2,1-4H3;5-12H,3-4H2,1-2H3;3*1-6,11H;1H4;/q;;;;;;+3/p-3. The molecule has 0 aliphatic carbocycles. The van der Waals surface area contributed by atoms with Crippen molar-refractivity contribution in [1.29, 1.82) is 0 Å². The summed E-state index contributed by atoms with van der Waals surface area (Å²) in [5.41, 5.74) is 10.9. The minimum Gasteiger partial charge on any atom is -0.576 e. The number of thiazole rings is 2. The van der Waals surface area contributed by atoms with Crippen LogP contribution >= 0.6 is 22.7 Å². The number of hydrogen-bond donors (Lipinski definition) is 0. The van der Waals surface area contributed by atoms with Crippen LogP contribution in [0.5, 0.6) is 17.2 Å². The summed E-state index contributed by atoms with van der Waals surface area (Å²) in [5, 5.41) is 6.27. The second-order valence-electron chi connectivity index (χ2n) is 23.7. The fraction of sp³-hybridized carbons (Fsp3) is 0.203. The van der Waals surface area contributed by atoms with E-state index in [0.29, 0.717) is 39.0 Å². The Kier molecular flexibility index (Phi) is 16.6. The van der Waals surface area contributed by atoms with Crippen molar-refractivity contribution in [2.24, 2.45) is 0 Å². The molecule has 0 atom stereocenters. The molecular weight excluding hydrogens is 1190 g/mol. The van der Waals surface area contributed by atoms with E-state index in [2.05, 4.69) is 83.4 Å². The van der Waals surface area contributed by atoms with E-state index < -0.39 is 15.1 Å². The number of anilines is 2. The largest absolute Gasteiger partial charge is 1.20 e. The average molecular weight is 1260 g/mol. The Balaban J connectivity index is 0.000000126. The van der Waals surface area contributed by atoms with Gasteiger partial charge in [-0.15, -0.1) is 22.7 Å². The lowest BCUT2D eigenvalue weighted by atomic mass is 9.69. The number of rotatable bonds is 11. The molecular formula is C74H66AlN7O7S2. The van der Waals surface area contributed by atoms with Crippen molar-refractivity contribution < 1.29 is 20.2 Å². The highest BCUT2D eigenvalue weighted by atomic mass is 32.1. The van der Waals surface area contributed by atoms with Crippen molar-refractivity contribution >= 4 is 124 Å². The predicted octanol–water partition coefficient (Wildman–Crippen LogP) is 17.6. The van der Waals surface area contributed by atoms with Crippen LogP contribution in [0.25, 0.3) is 96.2 Å². The summed E-state index contributed by atoms with van der Waals surface area (Å²) in [5.74, 6) is 1.82. The molecule has 7 aromatic heterocycles. The number of hydrogen-bond acceptors (Lipinski definition) is 16. The van der Waals surface area contributed by atoms with Gasteiger partial charge in [-0.3, -0.25) is 15.0 Å². The first-order valence-electron chi connectivity index (χ1n) is 30.3. The van der Waals surface area contributed by atoms with Crippen LogP contribution in [0.15, 0.2) is 213 Å². The van der Waals surface area contributed by atoms with Crippen LogP contribution in [0.3, 0.4) is 0 Å². The average Bonchev–Trinajstić information content (AvgIpc) is 1.49. The van der Waals surface area contributed by atoms with Gasteiger partial charge in [0.25, 0.3) is 0 Å². The third-order valence-corrected chi connectivity index (χ3v) is 20.6. The maximum atomic E-state index is 13.2. The highest BCUT2D eigenvalue weighted by Crippen LogP contribution is 2.52. The molecule has 0 amide bonds. The third-order valence-electron chi connectivity index (χ3n) is 17.1. The lowest BCUT2D eigenvalue weighted by Gasteiger charge is -2.48. The Morgan fingerprint density at radius 2 is 1.00 bits per heavy atom. The normalized spacial score (nSPS) is 13.7. The summed E-state index contributed by atoms with van der Waals surface area (Å²) in [6.07, 6.45) is 7.43. The van der Waals surface area contributed by atoms with Gasteiger partial charge in [0.1, 0.15) is 55.0 Å². The van der Waals surface area contributed by atoms with Gasteiger partial charge in [0.15, 0.2) is 0 Å². The smallest absolute Gasteiger partial charge is 0.576 e. The number of benzene rings is 7. The summed E-state index contributed by atoms with van der Waals surface area (Å²) < 4.78 is 33.1. The predicted molar refractivity (Wildman–Crippen MR) is 373 cm³/mol. The highest BCUT2D eigenvalue weighted by molar-refractivity contribution is 7.22. The molecule has 17 heteroatoms. The van der Waals surface area contributed by atoms with E-state index in [9.17, 15) is 9.59 Å². The number of aromatic nitrogens is 5. The van der Waals surface area contributed by atoms with Crippen molar-refractivity contribution in [3.05, 3.63) is 226 Å². The van der Waals surface area contributed by atoms with Crippen LogP contribution in [0.4, 0.5) is 11.4 Å². The van der Waals surface area contributed by atoms with E-state index in [0.717, 1.165) is 119 Å². The maximum Gasteiger partial charge on any atom is 1.20 e. The van der Waals surface area contributed by atoms with Crippen molar-refractivity contribution in [3.8, 4) is 38.4 Å². The molecule has 7 aromatic carbocycles. The monoisotopic (exact) mass is 1260 g/mol. The first-order valence-corrected chi connectivity index (χ1v) is 33.3. The number of fused-ring (bicyclic) bond motifs is 8. The molecule has 9 heterocycles. The van der Waals surface area contributed by atoms with Crippen molar-refractivity contribution in [2.45, 2.75) is 72.6 Å². The van der Waals surface area contributed by atoms with Gasteiger partial charge in [-0.25, -0.2) is 19.6 Å². The Morgan fingerprint density at radius 1 is 0.527 bits per heavy atom. The summed E-state index contributed by atoms with van der Waals surface area (Å²) in [4.78, 5) is 53.2. The summed E-state index contributed by atoms with van der Waals surface area (Å²) >= 11 is 0.196. The van der Waals surface area contributed by atoms with Gasteiger partial charge in [-0.1, -0.05) is 114 Å². The van der Waals surface area contributed by atoms with Crippen LogP contribution in [0.2, 0.25) is 0 Å². The van der Waals surface area contributed by atoms with E-state index in [-0.39, 0.29) is 29.5 Å². The zero-order chi connectivity index (χ0) is 61.7. The molecule has 0 unspecified atom stereocenters. The lowest BCUT2D eigenvalue weighted by Crippen LogP contribution is -2.44. The molecule has 16 rings (SSSR count). The third kappa shape index (κ3) is 11.9. The zero-order valence-corrected chi connectivity index (χ0v) is 53.4. The molecule has 0 saturated heterocycles. The van der Waals surface area contributed by atoms with Crippen LogP contribution in [0, 0.1) is 0 Å². The second kappa shape index (κ2) is 25.1. The van der Waals surface area contributed by atoms with Gasteiger partial charge >= 0.3 is 26.4 Å². The van der Waals surface area contributed by atoms with Crippen LogP contribution in [-0.2, 0) is 10.8 Å². The van der Waals surface area contributed by atoms with Gasteiger partial charge < -0.3 is 30.0 Å². The number of para-hydroxylation sites is 5. The van der Waals surface area contributed by atoms with E-state index in [1.165, 1.54) is 28.2 Å². The molecule has 0 spiro atoms. The molecule has 0 bridgehead atoms. The first kappa shape index (κ1) is 60.4. The highest BCUT2D eigenvalue weighted by Gasteiger charge is 2.46. The van der Waals surface area contributed by atoms with E-state index in [1.807, 2.05) is 164 Å². The molecule has 91 heavy (non-hydrogen) atoms. The SMILES string of the molecule is C.CC1(C)CCN2CCC(C)(C)c3c2c1cc1cc(-c2nc4ccccc4s2)c(=O)oc31.CCN(CC)c1ccc2cc(-c3nc4ccccc4s3)c(=O)oc2c1.c1cnc2c([O][Al]([O]c3cccc4cccnc34)[O]c3cccc4cccnc34)cccc2c1. The zero-order valence-electron chi connectivity index (χ0n) is 50.6. The van der Waals surface area contributed by atoms with Crippen LogP contribution in [-0.4, -0.2) is 66.2 Å². The number of pyridine rings is 3. The molecule has 0 saturated carbocycles. The lowest BCUT2D eigenvalue weighted by molar-refractivity contribution is 0.311. The summed E-state index contributed by atoms with van der Waals surface area (Å²) in [6.45, 7) is 17.4. The molecule has 2 aliphatic rings. The quantitative estimate of drug-likeness (QED) is 0.0889. The van der Waals surface area contributed by atoms with Crippen LogP contribution < -0.4 is 32.4 Å². The van der Waals surface area contributed by atoms with E-state index >= 15 is 0 Å². The van der Waals surface area contributed by atoms with Crippen LogP contribution in [0.1, 0.15) is 72.9 Å². The maximum absolute atomic E-state index is 13.2.